The van der Waals surface area contributed by atoms with E-state index in [2.05, 4.69) is 19.2 Å². The molecule has 0 bridgehead atoms. The molecule has 2 aromatic rings. The standard InChI is InChI=1S/C21H27NO4/c1-15(2)13-20(16-5-7-17(24-3)8-6-16)22-21(23)14-26-19-11-9-18(25-4)10-12-19/h5-12,15,20H,13-14H2,1-4H3,(H,22,23)/t20-/m0/s1. The third-order valence-corrected chi connectivity index (χ3v) is 3.99. The Bertz CT molecular complexity index is 680. The van der Waals surface area contributed by atoms with Gasteiger partial charge in [-0.05, 0) is 54.3 Å². The zero-order valence-corrected chi connectivity index (χ0v) is 15.8. The maximum absolute atomic E-state index is 12.3. The van der Waals surface area contributed by atoms with Gasteiger partial charge in [0.25, 0.3) is 5.91 Å². The SMILES string of the molecule is COc1ccc(OCC(=O)N[C@@H](CC(C)C)c2ccc(OC)cc2)cc1. The van der Waals surface area contributed by atoms with Crippen LogP contribution in [-0.4, -0.2) is 26.7 Å². The molecule has 0 aliphatic heterocycles. The lowest BCUT2D eigenvalue weighted by Gasteiger charge is -2.21. The van der Waals surface area contributed by atoms with Crippen molar-refractivity contribution in [1.82, 2.24) is 5.32 Å². The van der Waals surface area contributed by atoms with Gasteiger partial charge in [0.1, 0.15) is 17.2 Å². The lowest BCUT2D eigenvalue weighted by Crippen LogP contribution is -2.33. The van der Waals surface area contributed by atoms with Crippen LogP contribution < -0.4 is 19.5 Å². The molecule has 1 N–H and O–H groups in total. The molecule has 0 saturated heterocycles. The Kier molecular flexibility index (Phi) is 7.33. The fourth-order valence-corrected chi connectivity index (χ4v) is 2.64. The maximum Gasteiger partial charge on any atom is 0.258 e. The van der Waals surface area contributed by atoms with E-state index in [4.69, 9.17) is 14.2 Å². The third-order valence-electron chi connectivity index (χ3n) is 3.99. The third kappa shape index (κ3) is 5.99. The van der Waals surface area contributed by atoms with E-state index >= 15 is 0 Å². The molecule has 0 aliphatic carbocycles. The molecule has 0 spiro atoms. The van der Waals surface area contributed by atoms with Crippen LogP contribution in [0.15, 0.2) is 48.5 Å². The highest BCUT2D eigenvalue weighted by atomic mass is 16.5. The van der Waals surface area contributed by atoms with Crippen LogP contribution in [0, 0.1) is 5.92 Å². The number of benzene rings is 2. The molecule has 5 nitrogen and oxygen atoms in total. The van der Waals surface area contributed by atoms with Crippen molar-refractivity contribution in [2.45, 2.75) is 26.3 Å². The number of carbonyl (C=O) groups is 1. The summed E-state index contributed by atoms with van der Waals surface area (Å²) in [5.41, 5.74) is 1.05. The lowest BCUT2D eigenvalue weighted by molar-refractivity contribution is -0.124. The van der Waals surface area contributed by atoms with E-state index in [9.17, 15) is 4.79 Å². The van der Waals surface area contributed by atoms with Crippen LogP contribution in [0.5, 0.6) is 17.2 Å². The molecule has 1 amide bonds. The van der Waals surface area contributed by atoms with Gasteiger partial charge in [-0.25, -0.2) is 0 Å². The number of hydrogen-bond donors (Lipinski definition) is 1. The topological polar surface area (TPSA) is 56.8 Å². The summed E-state index contributed by atoms with van der Waals surface area (Å²) < 4.78 is 15.9. The van der Waals surface area contributed by atoms with Crippen LogP contribution >= 0.6 is 0 Å². The highest BCUT2D eigenvalue weighted by Gasteiger charge is 2.16. The second-order valence-corrected chi connectivity index (χ2v) is 6.49. The van der Waals surface area contributed by atoms with Crippen LogP contribution in [0.3, 0.4) is 0 Å². The van der Waals surface area contributed by atoms with Crippen LogP contribution in [-0.2, 0) is 4.79 Å². The van der Waals surface area contributed by atoms with Crippen LogP contribution in [0.1, 0.15) is 31.9 Å². The average molecular weight is 357 g/mol. The Hall–Kier alpha value is -2.69. The first kappa shape index (κ1) is 19.6. The largest absolute Gasteiger partial charge is 0.497 e. The first-order valence-electron chi connectivity index (χ1n) is 8.72. The molecule has 140 valence electrons. The lowest BCUT2D eigenvalue weighted by atomic mass is 9.97. The van der Waals surface area contributed by atoms with Crippen molar-refractivity contribution >= 4 is 5.91 Å². The molecule has 0 aliphatic rings. The van der Waals surface area contributed by atoms with Crippen molar-refractivity contribution in [1.29, 1.82) is 0 Å². The summed E-state index contributed by atoms with van der Waals surface area (Å²) in [5, 5.41) is 3.07. The van der Waals surface area contributed by atoms with Crippen molar-refractivity contribution in [3.8, 4) is 17.2 Å². The van der Waals surface area contributed by atoms with Crippen molar-refractivity contribution in [2.75, 3.05) is 20.8 Å². The summed E-state index contributed by atoms with van der Waals surface area (Å²) in [4.78, 5) is 12.3. The minimum Gasteiger partial charge on any atom is -0.497 e. The molecule has 1 atom stereocenters. The van der Waals surface area contributed by atoms with E-state index in [1.165, 1.54) is 0 Å². The molecular formula is C21H27NO4. The molecule has 0 saturated carbocycles. The number of ether oxygens (including phenoxy) is 3. The van der Waals surface area contributed by atoms with Gasteiger partial charge in [0.2, 0.25) is 0 Å². The summed E-state index contributed by atoms with van der Waals surface area (Å²) in [7, 11) is 3.25. The quantitative estimate of drug-likeness (QED) is 0.737. The van der Waals surface area contributed by atoms with Gasteiger partial charge < -0.3 is 19.5 Å². The van der Waals surface area contributed by atoms with Gasteiger partial charge in [-0.1, -0.05) is 26.0 Å². The monoisotopic (exact) mass is 357 g/mol. The molecule has 26 heavy (non-hydrogen) atoms. The van der Waals surface area contributed by atoms with Gasteiger partial charge in [-0.3, -0.25) is 4.79 Å². The second-order valence-electron chi connectivity index (χ2n) is 6.49. The number of nitrogens with one attached hydrogen (secondary N) is 1. The van der Waals surface area contributed by atoms with E-state index in [1.807, 2.05) is 24.3 Å². The number of rotatable bonds is 9. The van der Waals surface area contributed by atoms with Gasteiger partial charge >= 0.3 is 0 Å². The predicted octanol–water partition coefficient (Wildman–Crippen LogP) is 3.99. The Balaban J connectivity index is 1.96. The Morgan fingerprint density at radius 3 is 1.88 bits per heavy atom. The Morgan fingerprint density at radius 1 is 0.885 bits per heavy atom. The van der Waals surface area contributed by atoms with Crippen molar-refractivity contribution in [2.24, 2.45) is 5.92 Å². The Morgan fingerprint density at radius 2 is 1.38 bits per heavy atom. The van der Waals surface area contributed by atoms with E-state index in [0.717, 1.165) is 23.5 Å². The van der Waals surface area contributed by atoms with Crippen LogP contribution in [0.4, 0.5) is 0 Å². The summed E-state index contributed by atoms with van der Waals surface area (Å²) in [6, 6.07) is 14.9. The van der Waals surface area contributed by atoms with Gasteiger partial charge in [-0.2, -0.15) is 0 Å². The number of methoxy groups -OCH3 is 2. The summed E-state index contributed by atoms with van der Waals surface area (Å²) in [5.74, 6) is 2.47. The normalized spacial score (nSPS) is 11.7. The molecule has 0 unspecified atom stereocenters. The highest BCUT2D eigenvalue weighted by molar-refractivity contribution is 5.78. The molecule has 0 fully saturated rings. The molecule has 0 radical (unpaired) electrons. The molecular weight excluding hydrogens is 330 g/mol. The first-order valence-corrected chi connectivity index (χ1v) is 8.72. The number of carbonyl (C=O) groups excluding carboxylic acids is 1. The smallest absolute Gasteiger partial charge is 0.258 e. The number of amides is 1. The number of hydrogen-bond acceptors (Lipinski definition) is 4. The van der Waals surface area contributed by atoms with Crippen molar-refractivity contribution < 1.29 is 19.0 Å². The minimum atomic E-state index is -0.151. The van der Waals surface area contributed by atoms with E-state index in [-0.39, 0.29) is 18.6 Å². The summed E-state index contributed by atoms with van der Waals surface area (Å²) in [6.07, 6.45) is 0.848. The zero-order chi connectivity index (χ0) is 18.9. The van der Waals surface area contributed by atoms with E-state index in [1.54, 1.807) is 38.5 Å². The highest BCUT2D eigenvalue weighted by Crippen LogP contribution is 2.23. The molecule has 0 heterocycles. The molecule has 2 rings (SSSR count). The molecule has 5 heteroatoms. The predicted molar refractivity (Wildman–Crippen MR) is 102 cm³/mol. The van der Waals surface area contributed by atoms with E-state index < -0.39 is 0 Å². The van der Waals surface area contributed by atoms with Crippen molar-refractivity contribution in [3.05, 3.63) is 54.1 Å². The fourth-order valence-electron chi connectivity index (χ4n) is 2.64. The average Bonchev–Trinajstić information content (AvgIpc) is 2.66. The van der Waals surface area contributed by atoms with E-state index in [0.29, 0.717) is 11.7 Å². The van der Waals surface area contributed by atoms with Crippen molar-refractivity contribution in [3.63, 3.8) is 0 Å². The summed E-state index contributed by atoms with van der Waals surface area (Å²) >= 11 is 0. The summed E-state index contributed by atoms with van der Waals surface area (Å²) in [6.45, 7) is 4.24. The van der Waals surface area contributed by atoms with Gasteiger partial charge in [0, 0.05) is 0 Å². The van der Waals surface area contributed by atoms with Gasteiger partial charge in [0.05, 0.1) is 20.3 Å². The minimum absolute atomic E-state index is 0.0307. The van der Waals surface area contributed by atoms with Gasteiger partial charge in [0.15, 0.2) is 6.61 Å². The van der Waals surface area contributed by atoms with Crippen LogP contribution in [0.25, 0.3) is 0 Å². The molecule has 2 aromatic carbocycles. The Labute approximate surface area is 155 Å². The maximum atomic E-state index is 12.3. The fraction of sp³-hybridized carbons (Fsp3) is 0.381. The van der Waals surface area contributed by atoms with Gasteiger partial charge in [-0.15, -0.1) is 0 Å². The first-order chi connectivity index (χ1) is 12.5. The second kappa shape index (κ2) is 9.70. The zero-order valence-electron chi connectivity index (χ0n) is 15.8. The van der Waals surface area contributed by atoms with Crippen LogP contribution in [0.2, 0.25) is 0 Å². The molecule has 0 aromatic heterocycles.